The molecule has 0 unspecified atom stereocenters. The summed E-state index contributed by atoms with van der Waals surface area (Å²) in [5.41, 5.74) is 7.03. The topological polar surface area (TPSA) is 78.9 Å². The minimum atomic E-state index is -0.963. The van der Waals surface area contributed by atoms with Gasteiger partial charge in [0.05, 0.1) is 23.6 Å². The average Bonchev–Trinajstić information content (AvgIpc) is 3.25. The normalized spacial score (nSPS) is 12.3. The third-order valence-electron chi connectivity index (χ3n) is 4.98. The fourth-order valence-electron chi connectivity index (χ4n) is 3.55. The highest BCUT2D eigenvalue weighted by Crippen LogP contribution is 2.34. The van der Waals surface area contributed by atoms with Gasteiger partial charge in [0.2, 0.25) is 0 Å². The number of hydrogen-bond donors (Lipinski definition) is 2. The summed E-state index contributed by atoms with van der Waals surface area (Å²) >= 11 is 0. The molecule has 2 heterocycles. The van der Waals surface area contributed by atoms with Crippen molar-refractivity contribution in [2.24, 2.45) is 0 Å². The highest BCUT2D eigenvalue weighted by molar-refractivity contribution is 5.99. The number of nitrogens with zero attached hydrogens (tertiary/aromatic N) is 2. The Morgan fingerprint density at radius 2 is 1.80 bits per heavy atom. The quantitative estimate of drug-likeness (QED) is 0.337. The largest absolute Gasteiger partial charge is 0.478 e. The first-order valence-corrected chi connectivity index (χ1v) is 9.75. The van der Waals surface area contributed by atoms with Crippen LogP contribution in [0.1, 0.15) is 35.7 Å². The lowest BCUT2D eigenvalue weighted by Gasteiger charge is -2.16. The van der Waals surface area contributed by atoms with E-state index in [1.165, 1.54) is 5.57 Å². The van der Waals surface area contributed by atoms with Crippen LogP contribution in [0.3, 0.4) is 0 Å². The van der Waals surface area contributed by atoms with E-state index in [-0.39, 0.29) is 0 Å². The number of pyridine rings is 1. The Morgan fingerprint density at radius 1 is 1.03 bits per heavy atom. The van der Waals surface area contributed by atoms with Crippen LogP contribution in [-0.4, -0.2) is 26.3 Å². The number of aromatic nitrogens is 3. The number of carbonyl (C=O) groups is 1. The Bertz CT molecular complexity index is 1240. The second-order valence-electron chi connectivity index (χ2n) is 6.89. The van der Waals surface area contributed by atoms with Gasteiger partial charge in [-0.2, -0.15) is 5.10 Å². The van der Waals surface area contributed by atoms with Gasteiger partial charge in [0.25, 0.3) is 0 Å². The first-order chi connectivity index (χ1) is 14.7. The molecule has 4 rings (SSSR count). The molecule has 5 nitrogen and oxygen atoms in total. The van der Waals surface area contributed by atoms with Crippen LogP contribution in [0.4, 0.5) is 0 Å². The smallest absolute Gasteiger partial charge is 0.328 e. The van der Waals surface area contributed by atoms with Crippen molar-refractivity contribution in [1.82, 2.24) is 15.2 Å². The second-order valence-corrected chi connectivity index (χ2v) is 6.89. The molecular weight excluding hydrogens is 374 g/mol. The van der Waals surface area contributed by atoms with Gasteiger partial charge in [-0.3, -0.25) is 10.1 Å². The molecular formula is C25H21N3O2. The van der Waals surface area contributed by atoms with E-state index in [0.717, 1.165) is 51.4 Å². The van der Waals surface area contributed by atoms with Crippen LogP contribution in [-0.2, 0) is 4.79 Å². The molecule has 0 saturated carbocycles. The molecule has 0 bridgehead atoms. The fourth-order valence-corrected chi connectivity index (χ4v) is 3.55. The molecule has 0 spiro atoms. The summed E-state index contributed by atoms with van der Waals surface area (Å²) in [6, 6.07) is 20.2. The van der Waals surface area contributed by atoms with Crippen LogP contribution < -0.4 is 0 Å². The summed E-state index contributed by atoms with van der Waals surface area (Å²) < 4.78 is 0. The molecule has 5 heteroatoms. The Kier molecular flexibility index (Phi) is 5.52. The van der Waals surface area contributed by atoms with E-state index in [1.54, 1.807) is 18.5 Å². The average molecular weight is 395 g/mol. The van der Waals surface area contributed by atoms with Gasteiger partial charge >= 0.3 is 5.97 Å². The van der Waals surface area contributed by atoms with Gasteiger partial charge in [0.1, 0.15) is 0 Å². The zero-order valence-electron chi connectivity index (χ0n) is 16.5. The van der Waals surface area contributed by atoms with E-state index in [0.29, 0.717) is 0 Å². The van der Waals surface area contributed by atoms with E-state index < -0.39 is 5.97 Å². The summed E-state index contributed by atoms with van der Waals surface area (Å²) in [6.45, 7) is 2.14. The van der Waals surface area contributed by atoms with Crippen molar-refractivity contribution in [1.29, 1.82) is 0 Å². The lowest BCUT2D eigenvalue weighted by molar-refractivity contribution is -0.131. The Morgan fingerprint density at radius 3 is 2.50 bits per heavy atom. The minimum Gasteiger partial charge on any atom is -0.478 e. The maximum Gasteiger partial charge on any atom is 0.328 e. The number of rotatable bonds is 6. The summed E-state index contributed by atoms with van der Waals surface area (Å²) in [4.78, 5) is 15.5. The Labute approximate surface area is 174 Å². The summed E-state index contributed by atoms with van der Waals surface area (Å²) in [5.74, 6) is -0.963. The third-order valence-corrected chi connectivity index (χ3v) is 4.98. The first kappa shape index (κ1) is 19.3. The van der Waals surface area contributed by atoms with E-state index in [1.807, 2.05) is 48.5 Å². The first-order valence-electron chi connectivity index (χ1n) is 9.75. The van der Waals surface area contributed by atoms with Gasteiger partial charge in [0.15, 0.2) is 0 Å². The maximum absolute atomic E-state index is 10.8. The van der Waals surface area contributed by atoms with Gasteiger partial charge in [-0.1, -0.05) is 61.5 Å². The molecule has 0 aliphatic rings. The minimum absolute atomic E-state index is 0.830. The fraction of sp³-hybridized carbons (Fsp3) is 0.0800. The zero-order chi connectivity index (χ0) is 20.9. The number of carboxylic acid groups (broad SMARTS) is 1. The van der Waals surface area contributed by atoms with Gasteiger partial charge in [-0.15, -0.1) is 0 Å². The molecule has 30 heavy (non-hydrogen) atoms. The molecule has 0 saturated heterocycles. The van der Waals surface area contributed by atoms with Gasteiger partial charge in [-0.25, -0.2) is 4.79 Å². The van der Waals surface area contributed by atoms with Crippen molar-refractivity contribution in [3.05, 3.63) is 102 Å². The zero-order valence-corrected chi connectivity index (χ0v) is 16.5. The summed E-state index contributed by atoms with van der Waals surface area (Å²) in [7, 11) is 0. The highest BCUT2D eigenvalue weighted by Gasteiger charge is 2.15. The van der Waals surface area contributed by atoms with Gasteiger partial charge < -0.3 is 5.11 Å². The number of allylic oxidation sites excluding steroid dienone is 1. The number of benzene rings is 2. The van der Waals surface area contributed by atoms with Crippen molar-refractivity contribution in [3.8, 4) is 0 Å². The number of fused-ring (bicyclic) bond motifs is 1. The lowest BCUT2D eigenvalue weighted by atomic mass is 9.90. The molecule has 2 aromatic carbocycles. The molecule has 4 aromatic rings. The predicted molar refractivity (Wildman–Crippen MR) is 120 cm³/mol. The molecule has 0 fully saturated rings. The molecule has 0 aliphatic heterocycles. The monoisotopic (exact) mass is 395 g/mol. The molecule has 0 amide bonds. The maximum atomic E-state index is 10.8. The lowest BCUT2D eigenvalue weighted by Crippen LogP contribution is -1.97. The second kappa shape index (κ2) is 8.57. The standard InChI is InChI=1S/C25H21N3O2/c1-2-21(18-6-4-3-5-7-18)25(22-14-20-15-27-28-23(20)16-26-22)19-11-8-17(9-12-19)10-13-24(29)30/h3-16H,2H2,1H3,(H,27,28)(H,29,30). The number of aliphatic carboxylic acids is 1. The van der Waals surface area contributed by atoms with E-state index >= 15 is 0 Å². The van der Waals surface area contributed by atoms with Crippen molar-refractivity contribution >= 4 is 34.1 Å². The molecule has 2 aromatic heterocycles. The van der Waals surface area contributed by atoms with Crippen LogP contribution >= 0.6 is 0 Å². The number of nitrogens with one attached hydrogen (secondary N) is 1. The van der Waals surface area contributed by atoms with E-state index in [4.69, 9.17) is 10.1 Å². The molecule has 0 radical (unpaired) electrons. The van der Waals surface area contributed by atoms with Crippen molar-refractivity contribution < 1.29 is 9.90 Å². The number of carboxylic acids is 1. The molecule has 0 aliphatic carbocycles. The van der Waals surface area contributed by atoms with Gasteiger partial charge in [0, 0.05) is 17.0 Å². The SMILES string of the molecule is CCC(=C(c1ccc(C=CC(=O)O)cc1)c1cc2cn[nH]c2cn1)c1ccccc1. The van der Waals surface area contributed by atoms with Crippen LogP contribution in [0.25, 0.3) is 28.1 Å². The Balaban J connectivity index is 1.89. The predicted octanol–water partition coefficient (Wildman–Crippen LogP) is 5.42. The molecule has 2 N–H and O–H groups in total. The van der Waals surface area contributed by atoms with Crippen LogP contribution in [0.2, 0.25) is 0 Å². The third kappa shape index (κ3) is 4.05. The van der Waals surface area contributed by atoms with Crippen molar-refractivity contribution in [2.45, 2.75) is 13.3 Å². The highest BCUT2D eigenvalue weighted by atomic mass is 16.4. The van der Waals surface area contributed by atoms with E-state index in [2.05, 4.69) is 29.3 Å². The van der Waals surface area contributed by atoms with Crippen LogP contribution in [0.5, 0.6) is 0 Å². The number of H-pyrrole nitrogens is 1. The van der Waals surface area contributed by atoms with E-state index in [9.17, 15) is 4.79 Å². The summed E-state index contributed by atoms with van der Waals surface area (Å²) in [6.07, 6.45) is 7.17. The molecule has 0 atom stereocenters. The molecule has 148 valence electrons. The van der Waals surface area contributed by atoms with Crippen LogP contribution in [0.15, 0.2) is 79.1 Å². The van der Waals surface area contributed by atoms with Crippen molar-refractivity contribution in [3.63, 3.8) is 0 Å². The van der Waals surface area contributed by atoms with Crippen LogP contribution in [0, 0.1) is 0 Å². The Hall–Kier alpha value is -3.99. The number of aromatic amines is 1. The summed E-state index contributed by atoms with van der Waals surface area (Å²) in [5, 5.41) is 16.9. The van der Waals surface area contributed by atoms with Crippen molar-refractivity contribution in [2.75, 3.05) is 0 Å². The van der Waals surface area contributed by atoms with Gasteiger partial charge in [-0.05, 0) is 40.8 Å². The number of hydrogen-bond acceptors (Lipinski definition) is 3.